The topological polar surface area (TPSA) is 60.0 Å². The lowest BCUT2D eigenvalue weighted by Gasteiger charge is -2.14. The first-order valence-electron chi connectivity index (χ1n) is 5.64. The maximum Gasteiger partial charge on any atom is 0.141 e. The lowest BCUT2D eigenvalue weighted by Crippen LogP contribution is -2.27. The van der Waals surface area contributed by atoms with Crippen molar-refractivity contribution < 1.29 is 0 Å². The standard InChI is InChI=1S/C10H19N5/c1-2-4-15-10(12-8-13-15)7-14-5-3-9(11)6-14/h8-9H,2-7,11H2,1H3. The lowest BCUT2D eigenvalue weighted by atomic mass is 10.3. The Morgan fingerprint density at radius 2 is 2.47 bits per heavy atom. The molecule has 1 aliphatic rings. The average Bonchev–Trinajstić information content (AvgIpc) is 2.78. The molecule has 84 valence electrons. The zero-order valence-electron chi connectivity index (χ0n) is 9.26. The Morgan fingerprint density at radius 1 is 1.60 bits per heavy atom. The van der Waals surface area contributed by atoms with Crippen molar-refractivity contribution in [1.29, 1.82) is 0 Å². The van der Waals surface area contributed by atoms with E-state index in [1.54, 1.807) is 6.33 Å². The summed E-state index contributed by atoms with van der Waals surface area (Å²) in [6, 6.07) is 0.340. The summed E-state index contributed by atoms with van der Waals surface area (Å²) in [5.41, 5.74) is 5.87. The third-order valence-electron chi connectivity index (χ3n) is 2.80. The van der Waals surface area contributed by atoms with Crippen molar-refractivity contribution in [2.24, 2.45) is 5.73 Å². The van der Waals surface area contributed by atoms with Gasteiger partial charge < -0.3 is 5.73 Å². The fourth-order valence-corrected chi connectivity index (χ4v) is 2.02. The Labute approximate surface area is 90.3 Å². The summed E-state index contributed by atoms with van der Waals surface area (Å²) in [6.45, 7) is 6.05. The normalized spacial score (nSPS) is 22.4. The van der Waals surface area contributed by atoms with Crippen molar-refractivity contribution in [2.75, 3.05) is 13.1 Å². The van der Waals surface area contributed by atoms with Gasteiger partial charge in [0.05, 0.1) is 6.54 Å². The van der Waals surface area contributed by atoms with Crippen LogP contribution in [0.1, 0.15) is 25.6 Å². The Morgan fingerprint density at radius 3 is 3.13 bits per heavy atom. The van der Waals surface area contributed by atoms with Crippen LogP contribution < -0.4 is 5.73 Å². The molecule has 1 unspecified atom stereocenters. The van der Waals surface area contributed by atoms with Gasteiger partial charge in [-0.05, 0) is 12.8 Å². The molecule has 5 heteroatoms. The number of likely N-dealkylation sites (tertiary alicyclic amines) is 1. The minimum atomic E-state index is 0.340. The van der Waals surface area contributed by atoms with Crippen molar-refractivity contribution >= 4 is 0 Å². The largest absolute Gasteiger partial charge is 0.326 e. The molecule has 2 rings (SSSR count). The fourth-order valence-electron chi connectivity index (χ4n) is 2.02. The van der Waals surface area contributed by atoms with E-state index in [0.29, 0.717) is 6.04 Å². The molecule has 0 radical (unpaired) electrons. The van der Waals surface area contributed by atoms with Crippen LogP contribution in [0, 0.1) is 0 Å². The van der Waals surface area contributed by atoms with Gasteiger partial charge >= 0.3 is 0 Å². The van der Waals surface area contributed by atoms with Crippen molar-refractivity contribution in [3.05, 3.63) is 12.2 Å². The van der Waals surface area contributed by atoms with Crippen LogP contribution in [-0.2, 0) is 13.1 Å². The first-order valence-corrected chi connectivity index (χ1v) is 5.64. The Kier molecular flexibility index (Phi) is 3.33. The molecule has 0 saturated carbocycles. The molecule has 1 fully saturated rings. The van der Waals surface area contributed by atoms with Gasteiger partial charge in [-0.25, -0.2) is 9.67 Å². The van der Waals surface area contributed by atoms with Crippen LogP contribution >= 0.6 is 0 Å². The van der Waals surface area contributed by atoms with E-state index in [9.17, 15) is 0 Å². The molecule has 15 heavy (non-hydrogen) atoms. The molecule has 2 N–H and O–H groups in total. The summed E-state index contributed by atoms with van der Waals surface area (Å²) in [5.74, 6) is 1.06. The number of aromatic nitrogens is 3. The summed E-state index contributed by atoms with van der Waals surface area (Å²) < 4.78 is 1.99. The van der Waals surface area contributed by atoms with Gasteiger partial charge in [-0.1, -0.05) is 6.92 Å². The highest BCUT2D eigenvalue weighted by Gasteiger charge is 2.20. The van der Waals surface area contributed by atoms with E-state index in [4.69, 9.17) is 5.73 Å². The first-order chi connectivity index (χ1) is 7.29. The van der Waals surface area contributed by atoms with Crippen molar-refractivity contribution in [2.45, 2.75) is 38.9 Å². The second-order valence-corrected chi connectivity index (χ2v) is 4.18. The molecule has 1 saturated heterocycles. The number of hydrogen-bond acceptors (Lipinski definition) is 4. The van der Waals surface area contributed by atoms with Gasteiger partial charge in [0, 0.05) is 25.7 Å². The highest BCUT2D eigenvalue weighted by molar-refractivity contribution is 4.88. The smallest absolute Gasteiger partial charge is 0.141 e. The first kappa shape index (κ1) is 10.6. The van der Waals surface area contributed by atoms with Gasteiger partial charge in [0.2, 0.25) is 0 Å². The molecule has 1 aliphatic heterocycles. The molecule has 1 atom stereocenters. The van der Waals surface area contributed by atoms with E-state index in [2.05, 4.69) is 21.9 Å². The lowest BCUT2D eigenvalue weighted by molar-refractivity contribution is 0.309. The molecule has 0 bridgehead atoms. The second-order valence-electron chi connectivity index (χ2n) is 4.18. The van der Waals surface area contributed by atoms with Gasteiger partial charge in [-0.3, -0.25) is 4.90 Å². The Balaban J connectivity index is 1.95. The van der Waals surface area contributed by atoms with Crippen molar-refractivity contribution in [3.8, 4) is 0 Å². The van der Waals surface area contributed by atoms with Gasteiger partial charge in [-0.15, -0.1) is 0 Å². The molecule has 0 aliphatic carbocycles. The highest BCUT2D eigenvalue weighted by atomic mass is 15.3. The molecule has 0 aromatic carbocycles. The Bertz CT molecular complexity index is 309. The SMILES string of the molecule is CCCn1ncnc1CN1CCC(N)C1. The van der Waals surface area contributed by atoms with Crippen molar-refractivity contribution in [3.63, 3.8) is 0 Å². The maximum atomic E-state index is 5.87. The average molecular weight is 209 g/mol. The van der Waals surface area contributed by atoms with Crippen LogP contribution in [0.2, 0.25) is 0 Å². The third-order valence-corrected chi connectivity index (χ3v) is 2.80. The van der Waals surface area contributed by atoms with Gasteiger partial charge in [-0.2, -0.15) is 5.10 Å². The molecular weight excluding hydrogens is 190 g/mol. The van der Waals surface area contributed by atoms with Crippen LogP contribution in [0.15, 0.2) is 6.33 Å². The summed E-state index contributed by atoms with van der Waals surface area (Å²) in [7, 11) is 0. The van der Waals surface area contributed by atoms with E-state index >= 15 is 0 Å². The Hall–Kier alpha value is -0.940. The second kappa shape index (κ2) is 4.72. The molecule has 5 nitrogen and oxygen atoms in total. The zero-order chi connectivity index (χ0) is 10.7. The monoisotopic (exact) mass is 209 g/mol. The molecule has 0 spiro atoms. The van der Waals surface area contributed by atoms with Crippen LogP contribution in [0.4, 0.5) is 0 Å². The molecule has 2 heterocycles. The van der Waals surface area contributed by atoms with Crippen LogP contribution in [-0.4, -0.2) is 38.8 Å². The predicted octanol–water partition coefficient (Wildman–Crippen LogP) is 0.221. The van der Waals surface area contributed by atoms with Crippen LogP contribution in [0.25, 0.3) is 0 Å². The summed E-state index contributed by atoms with van der Waals surface area (Å²) >= 11 is 0. The number of aryl methyl sites for hydroxylation is 1. The predicted molar refractivity (Wildman–Crippen MR) is 58.2 cm³/mol. The van der Waals surface area contributed by atoms with Crippen molar-refractivity contribution in [1.82, 2.24) is 19.7 Å². The maximum absolute atomic E-state index is 5.87. The number of nitrogens with zero attached hydrogens (tertiary/aromatic N) is 4. The third kappa shape index (κ3) is 2.54. The number of rotatable bonds is 4. The van der Waals surface area contributed by atoms with Crippen LogP contribution in [0.5, 0.6) is 0 Å². The molecular formula is C10H19N5. The summed E-state index contributed by atoms with van der Waals surface area (Å²) in [5, 5.41) is 4.21. The van der Waals surface area contributed by atoms with E-state index in [1.165, 1.54) is 0 Å². The van der Waals surface area contributed by atoms with E-state index in [0.717, 1.165) is 44.8 Å². The number of hydrogen-bond donors (Lipinski definition) is 1. The zero-order valence-corrected chi connectivity index (χ0v) is 9.26. The van der Waals surface area contributed by atoms with Crippen LogP contribution in [0.3, 0.4) is 0 Å². The van der Waals surface area contributed by atoms with E-state index < -0.39 is 0 Å². The van der Waals surface area contributed by atoms with Gasteiger partial charge in [0.1, 0.15) is 12.2 Å². The number of nitrogens with two attached hydrogens (primary N) is 1. The van der Waals surface area contributed by atoms with E-state index in [1.807, 2.05) is 4.68 Å². The molecule has 1 aromatic rings. The fraction of sp³-hybridized carbons (Fsp3) is 0.800. The highest BCUT2D eigenvalue weighted by Crippen LogP contribution is 2.10. The van der Waals surface area contributed by atoms with Gasteiger partial charge in [0.15, 0.2) is 0 Å². The molecule has 0 amide bonds. The minimum absolute atomic E-state index is 0.340. The quantitative estimate of drug-likeness (QED) is 0.770. The minimum Gasteiger partial charge on any atom is -0.326 e. The van der Waals surface area contributed by atoms with Gasteiger partial charge in [0.25, 0.3) is 0 Å². The van der Waals surface area contributed by atoms with E-state index in [-0.39, 0.29) is 0 Å². The summed E-state index contributed by atoms with van der Waals surface area (Å²) in [6.07, 6.45) is 3.83. The molecule has 1 aromatic heterocycles. The summed E-state index contributed by atoms with van der Waals surface area (Å²) in [4.78, 5) is 6.64.